The standard InChI is InChI=1S/C15H12Cl2N2OS/c1-9-4-2-3-5-13(9)18-15(21)19-14(20)10-6-7-11(16)12(17)8-10/h2-8H,1H3,(H2,18,19,20,21). The fraction of sp³-hybridized carbons (Fsp3) is 0.0667. The van der Waals surface area contributed by atoms with Crippen molar-refractivity contribution in [3.8, 4) is 0 Å². The Hall–Kier alpha value is -1.62. The van der Waals surface area contributed by atoms with Crippen LogP contribution < -0.4 is 10.6 Å². The van der Waals surface area contributed by atoms with Crippen LogP contribution in [0.3, 0.4) is 0 Å². The lowest BCUT2D eigenvalue weighted by molar-refractivity contribution is 0.0978. The second-order valence-corrected chi connectivity index (χ2v) is 5.57. The van der Waals surface area contributed by atoms with E-state index in [2.05, 4.69) is 10.6 Å². The number of nitrogens with one attached hydrogen (secondary N) is 2. The highest BCUT2D eigenvalue weighted by Gasteiger charge is 2.10. The Kier molecular flexibility index (Phi) is 5.17. The number of rotatable bonds is 2. The molecule has 2 rings (SSSR count). The number of para-hydroxylation sites is 1. The largest absolute Gasteiger partial charge is 0.332 e. The van der Waals surface area contributed by atoms with Gasteiger partial charge < -0.3 is 5.32 Å². The first-order chi connectivity index (χ1) is 9.97. The number of hydrogen-bond acceptors (Lipinski definition) is 2. The van der Waals surface area contributed by atoms with Crippen LogP contribution in [0.1, 0.15) is 15.9 Å². The fourth-order valence-corrected chi connectivity index (χ4v) is 2.18. The van der Waals surface area contributed by atoms with Gasteiger partial charge in [-0.25, -0.2) is 0 Å². The zero-order valence-corrected chi connectivity index (χ0v) is 13.4. The number of halogens is 2. The number of benzene rings is 2. The van der Waals surface area contributed by atoms with Gasteiger partial charge in [0, 0.05) is 11.3 Å². The van der Waals surface area contributed by atoms with Gasteiger partial charge in [0.1, 0.15) is 0 Å². The van der Waals surface area contributed by atoms with Crippen LogP contribution in [-0.2, 0) is 0 Å². The molecule has 108 valence electrons. The number of anilines is 1. The fourth-order valence-electron chi connectivity index (χ4n) is 1.68. The predicted octanol–water partition coefficient (Wildman–Crippen LogP) is 4.43. The van der Waals surface area contributed by atoms with E-state index in [1.807, 2.05) is 31.2 Å². The minimum Gasteiger partial charge on any atom is -0.332 e. The van der Waals surface area contributed by atoms with Crippen molar-refractivity contribution in [1.29, 1.82) is 0 Å². The summed E-state index contributed by atoms with van der Waals surface area (Å²) in [5.41, 5.74) is 2.26. The molecular weight excluding hydrogens is 327 g/mol. The highest BCUT2D eigenvalue weighted by atomic mass is 35.5. The van der Waals surface area contributed by atoms with Crippen LogP contribution in [0.15, 0.2) is 42.5 Å². The number of hydrogen-bond donors (Lipinski definition) is 2. The number of carbonyl (C=O) groups is 1. The van der Waals surface area contributed by atoms with Gasteiger partial charge in [0.15, 0.2) is 5.11 Å². The van der Waals surface area contributed by atoms with E-state index < -0.39 is 0 Å². The summed E-state index contributed by atoms with van der Waals surface area (Å²) in [6.45, 7) is 1.95. The van der Waals surface area contributed by atoms with Crippen molar-refractivity contribution >= 4 is 52.1 Å². The topological polar surface area (TPSA) is 41.1 Å². The molecule has 2 N–H and O–H groups in total. The monoisotopic (exact) mass is 338 g/mol. The van der Waals surface area contributed by atoms with E-state index in [9.17, 15) is 4.79 Å². The van der Waals surface area contributed by atoms with E-state index in [0.717, 1.165) is 11.3 Å². The molecule has 0 aliphatic carbocycles. The quantitative estimate of drug-likeness (QED) is 0.796. The third-order valence-corrected chi connectivity index (χ3v) is 3.75. The molecule has 0 spiro atoms. The van der Waals surface area contributed by atoms with E-state index in [4.69, 9.17) is 35.4 Å². The van der Waals surface area contributed by atoms with Gasteiger partial charge in [0.2, 0.25) is 0 Å². The van der Waals surface area contributed by atoms with Crippen molar-refractivity contribution in [1.82, 2.24) is 5.32 Å². The maximum Gasteiger partial charge on any atom is 0.257 e. The van der Waals surface area contributed by atoms with Gasteiger partial charge >= 0.3 is 0 Å². The van der Waals surface area contributed by atoms with Crippen molar-refractivity contribution in [3.05, 3.63) is 63.6 Å². The molecule has 0 saturated heterocycles. The third-order valence-electron chi connectivity index (χ3n) is 2.80. The first-order valence-electron chi connectivity index (χ1n) is 6.10. The van der Waals surface area contributed by atoms with E-state index in [0.29, 0.717) is 15.6 Å². The number of thiocarbonyl (C=S) groups is 1. The molecular formula is C15H12Cl2N2OS. The molecule has 0 aliphatic rings. The Labute approximate surface area is 138 Å². The molecule has 2 aromatic rings. The molecule has 0 aliphatic heterocycles. The Morgan fingerprint density at radius 2 is 1.81 bits per heavy atom. The number of aryl methyl sites for hydroxylation is 1. The average Bonchev–Trinajstić information content (AvgIpc) is 2.44. The zero-order valence-electron chi connectivity index (χ0n) is 11.1. The van der Waals surface area contributed by atoms with E-state index >= 15 is 0 Å². The smallest absolute Gasteiger partial charge is 0.257 e. The first-order valence-corrected chi connectivity index (χ1v) is 7.27. The normalized spacial score (nSPS) is 10.0. The number of amides is 1. The van der Waals surface area contributed by atoms with E-state index in [-0.39, 0.29) is 11.0 Å². The summed E-state index contributed by atoms with van der Waals surface area (Å²) < 4.78 is 0. The van der Waals surface area contributed by atoms with Crippen molar-refractivity contribution in [2.45, 2.75) is 6.92 Å². The van der Waals surface area contributed by atoms with Crippen molar-refractivity contribution in [2.75, 3.05) is 5.32 Å². The molecule has 0 saturated carbocycles. The van der Waals surface area contributed by atoms with Crippen molar-refractivity contribution in [2.24, 2.45) is 0 Å². The molecule has 3 nitrogen and oxygen atoms in total. The summed E-state index contributed by atoms with van der Waals surface area (Å²) in [7, 11) is 0. The molecule has 0 radical (unpaired) electrons. The van der Waals surface area contributed by atoms with Crippen molar-refractivity contribution < 1.29 is 4.79 Å². The molecule has 0 heterocycles. The summed E-state index contributed by atoms with van der Waals surface area (Å²) in [6, 6.07) is 12.3. The van der Waals surface area contributed by atoms with Gasteiger partial charge in [-0.15, -0.1) is 0 Å². The lowest BCUT2D eigenvalue weighted by Crippen LogP contribution is -2.34. The summed E-state index contributed by atoms with van der Waals surface area (Å²) in [5.74, 6) is -0.348. The third kappa shape index (κ3) is 4.17. The molecule has 21 heavy (non-hydrogen) atoms. The minimum atomic E-state index is -0.348. The van der Waals surface area contributed by atoms with Crippen molar-refractivity contribution in [3.63, 3.8) is 0 Å². The highest BCUT2D eigenvalue weighted by Crippen LogP contribution is 2.22. The first kappa shape index (κ1) is 15.8. The molecule has 0 bridgehead atoms. The molecule has 1 amide bonds. The summed E-state index contributed by atoms with van der Waals surface area (Å²) in [4.78, 5) is 12.1. The maximum atomic E-state index is 12.1. The van der Waals surface area contributed by atoms with Crippen LogP contribution in [0.4, 0.5) is 5.69 Å². The van der Waals surface area contributed by atoms with E-state index in [1.54, 1.807) is 12.1 Å². The second kappa shape index (κ2) is 6.89. The molecule has 6 heteroatoms. The lowest BCUT2D eigenvalue weighted by atomic mass is 10.2. The van der Waals surface area contributed by atoms with Crippen LogP contribution in [-0.4, -0.2) is 11.0 Å². The van der Waals surface area contributed by atoms with Crippen LogP contribution in [0, 0.1) is 6.92 Å². The van der Waals surface area contributed by atoms with Gasteiger partial charge in [-0.3, -0.25) is 10.1 Å². The predicted molar refractivity (Wildman–Crippen MR) is 91.3 cm³/mol. The number of carbonyl (C=O) groups excluding carboxylic acids is 1. The second-order valence-electron chi connectivity index (χ2n) is 4.35. The van der Waals surface area contributed by atoms with Gasteiger partial charge in [-0.2, -0.15) is 0 Å². The Morgan fingerprint density at radius 1 is 1.10 bits per heavy atom. The maximum absolute atomic E-state index is 12.1. The summed E-state index contributed by atoms with van der Waals surface area (Å²) in [5, 5.41) is 6.52. The summed E-state index contributed by atoms with van der Waals surface area (Å²) in [6.07, 6.45) is 0. The van der Waals surface area contributed by atoms with Crippen LogP contribution in [0.25, 0.3) is 0 Å². The van der Waals surface area contributed by atoms with Gasteiger partial charge in [-0.1, -0.05) is 41.4 Å². The molecule has 0 unspecified atom stereocenters. The average molecular weight is 339 g/mol. The van der Waals surface area contributed by atoms with Gasteiger partial charge in [0.25, 0.3) is 5.91 Å². The molecule has 2 aromatic carbocycles. The summed E-state index contributed by atoms with van der Waals surface area (Å²) >= 11 is 16.8. The minimum absolute atomic E-state index is 0.223. The van der Waals surface area contributed by atoms with Crippen LogP contribution >= 0.6 is 35.4 Å². The Bertz CT molecular complexity index is 704. The Morgan fingerprint density at radius 3 is 2.48 bits per heavy atom. The highest BCUT2D eigenvalue weighted by molar-refractivity contribution is 7.80. The van der Waals surface area contributed by atoms with Gasteiger partial charge in [0.05, 0.1) is 10.0 Å². The van der Waals surface area contributed by atoms with Gasteiger partial charge in [-0.05, 0) is 49.0 Å². The van der Waals surface area contributed by atoms with E-state index in [1.165, 1.54) is 6.07 Å². The van der Waals surface area contributed by atoms with Crippen LogP contribution in [0.2, 0.25) is 10.0 Å². The molecule has 0 atom stereocenters. The lowest BCUT2D eigenvalue weighted by Gasteiger charge is -2.11. The SMILES string of the molecule is Cc1ccccc1NC(=S)NC(=O)c1ccc(Cl)c(Cl)c1. The molecule has 0 aromatic heterocycles. The molecule has 0 fully saturated rings. The zero-order chi connectivity index (χ0) is 15.4. The Balaban J connectivity index is 2.04. The van der Waals surface area contributed by atoms with Crippen LogP contribution in [0.5, 0.6) is 0 Å².